The molecule has 0 radical (unpaired) electrons. The molecular weight excluding hydrogens is 170 g/mol. The van der Waals surface area contributed by atoms with Crippen molar-refractivity contribution in [2.75, 3.05) is 7.11 Å². The minimum absolute atomic E-state index is 0.394. The van der Waals surface area contributed by atoms with Crippen LogP contribution in [0, 0.1) is 0 Å². The third kappa shape index (κ3) is 4.85. The first kappa shape index (κ1) is 12.4. The minimum Gasteiger partial charge on any atom is -0.479 e. The van der Waals surface area contributed by atoms with Crippen molar-refractivity contribution in [1.82, 2.24) is 0 Å². The van der Waals surface area contributed by atoms with E-state index in [9.17, 15) is 4.79 Å². The van der Waals surface area contributed by atoms with Crippen molar-refractivity contribution in [2.45, 2.75) is 44.8 Å². The van der Waals surface area contributed by atoms with E-state index in [0.717, 1.165) is 19.3 Å². The van der Waals surface area contributed by atoms with Crippen LogP contribution in [0.5, 0.6) is 0 Å². The van der Waals surface area contributed by atoms with Crippen molar-refractivity contribution in [2.24, 2.45) is 5.73 Å². The predicted octanol–water partition coefficient (Wildman–Crippen LogP) is 0.994. The van der Waals surface area contributed by atoms with Gasteiger partial charge in [-0.2, -0.15) is 0 Å². The van der Waals surface area contributed by atoms with E-state index < -0.39 is 18.1 Å². The molecular formula is C9H19NO3. The Morgan fingerprint density at radius 2 is 2.15 bits per heavy atom. The maximum absolute atomic E-state index is 10.6. The molecule has 0 saturated heterocycles. The molecule has 3 N–H and O–H groups in total. The fraction of sp³-hybridized carbons (Fsp3) is 0.889. The van der Waals surface area contributed by atoms with Crippen molar-refractivity contribution in [3.63, 3.8) is 0 Å². The quantitative estimate of drug-likeness (QED) is 0.586. The van der Waals surface area contributed by atoms with Gasteiger partial charge in [0.05, 0.1) is 0 Å². The molecule has 0 aromatic rings. The van der Waals surface area contributed by atoms with E-state index in [2.05, 4.69) is 6.92 Å². The lowest BCUT2D eigenvalue weighted by Crippen LogP contribution is -2.41. The van der Waals surface area contributed by atoms with Crippen LogP contribution in [0.15, 0.2) is 0 Å². The third-order valence-corrected chi connectivity index (χ3v) is 2.03. The van der Waals surface area contributed by atoms with Crippen molar-refractivity contribution in [3.8, 4) is 0 Å². The predicted molar refractivity (Wildman–Crippen MR) is 50.6 cm³/mol. The maximum Gasteiger partial charge on any atom is 0.334 e. The molecule has 78 valence electrons. The van der Waals surface area contributed by atoms with Gasteiger partial charge in [0, 0.05) is 13.2 Å². The Morgan fingerprint density at radius 3 is 2.54 bits per heavy atom. The molecule has 0 aliphatic heterocycles. The fourth-order valence-electron chi connectivity index (χ4n) is 1.24. The van der Waals surface area contributed by atoms with E-state index in [1.165, 1.54) is 7.11 Å². The van der Waals surface area contributed by atoms with Crippen LogP contribution in [0.4, 0.5) is 0 Å². The van der Waals surface area contributed by atoms with E-state index in [0.29, 0.717) is 6.42 Å². The fourth-order valence-corrected chi connectivity index (χ4v) is 1.24. The van der Waals surface area contributed by atoms with Crippen LogP contribution in [-0.4, -0.2) is 30.3 Å². The second-order valence-corrected chi connectivity index (χ2v) is 3.15. The molecule has 0 aromatic carbocycles. The van der Waals surface area contributed by atoms with E-state index in [1.54, 1.807) is 0 Å². The summed E-state index contributed by atoms with van der Waals surface area (Å²) in [6.07, 6.45) is 3.00. The Kier molecular flexibility index (Phi) is 6.54. The number of nitrogens with two attached hydrogens (primary N) is 1. The first-order chi connectivity index (χ1) is 6.13. The van der Waals surface area contributed by atoms with Gasteiger partial charge < -0.3 is 15.6 Å². The maximum atomic E-state index is 10.6. The summed E-state index contributed by atoms with van der Waals surface area (Å²) in [6, 6.07) is -0.394. The SMILES string of the molecule is CCCCCC(N)C(OC)C(=O)O. The number of hydrogen-bond acceptors (Lipinski definition) is 3. The highest BCUT2D eigenvalue weighted by Crippen LogP contribution is 2.07. The zero-order valence-corrected chi connectivity index (χ0v) is 8.32. The molecule has 2 unspecified atom stereocenters. The highest BCUT2D eigenvalue weighted by Gasteiger charge is 2.23. The molecule has 13 heavy (non-hydrogen) atoms. The molecule has 0 spiro atoms. The van der Waals surface area contributed by atoms with Gasteiger partial charge in [0.2, 0.25) is 0 Å². The second-order valence-electron chi connectivity index (χ2n) is 3.15. The average Bonchev–Trinajstić information content (AvgIpc) is 2.05. The molecule has 0 heterocycles. The summed E-state index contributed by atoms with van der Waals surface area (Å²) in [5, 5.41) is 8.70. The van der Waals surface area contributed by atoms with Crippen molar-refractivity contribution >= 4 is 5.97 Å². The highest BCUT2D eigenvalue weighted by molar-refractivity contribution is 5.73. The number of unbranched alkanes of at least 4 members (excludes halogenated alkanes) is 2. The van der Waals surface area contributed by atoms with Crippen molar-refractivity contribution in [3.05, 3.63) is 0 Å². The summed E-state index contributed by atoms with van der Waals surface area (Å²) < 4.78 is 4.78. The smallest absolute Gasteiger partial charge is 0.334 e. The Morgan fingerprint density at radius 1 is 1.54 bits per heavy atom. The topological polar surface area (TPSA) is 72.5 Å². The van der Waals surface area contributed by atoms with E-state index in [1.807, 2.05) is 0 Å². The zero-order chi connectivity index (χ0) is 10.3. The lowest BCUT2D eigenvalue weighted by Gasteiger charge is -2.18. The molecule has 0 saturated carbocycles. The summed E-state index contributed by atoms with van der Waals surface area (Å²) in [4.78, 5) is 10.6. The standard InChI is InChI=1S/C9H19NO3/c1-3-4-5-6-7(10)8(13-2)9(11)12/h7-8H,3-6,10H2,1-2H3,(H,11,12). The summed E-state index contributed by atoms with van der Waals surface area (Å²) in [5.41, 5.74) is 5.66. The molecule has 0 aliphatic rings. The second kappa shape index (κ2) is 6.86. The van der Waals surface area contributed by atoms with E-state index >= 15 is 0 Å². The number of rotatable bonds is 7. The number of hydrogen-bond donors (Lipinski definition) is 2. The minimum atomic E-state index is -0.980. The summed E-state index contributed by atoms with van der Waals surface area (Å²) >= 11 is 0. The van der Waals surface area contributed by atoms with Gasteiger partial charge in [-0.15, -0.1) is 0 Å². The average molecular weight is 189 g/mol. The first-order valence-electron chi connectivity index (χ1n) is 4.64. The largest absolute Gasteiger partial charge is 0.479 e. The molecule has 0 aromatic heterocycles. The number of ether oxygens (including phenoxy) is 1. The Bertz CT molecular complexity index is 150. The summed E-state index contributed by atoms with van der Waals surface area (Å²) in [5.74, 6) is -0.980. The number of carbonyl (C=O) groups is 1. The molecule has 0 aliphatic carbocycles. The Balaban J connectivity index is 3.77. The van der Waals surface area contributed by atoms with Gasteiger partial charge in [-0.1, -0.05) is 26.2 Å². The van der Waals surface area contributed by atoms with E-state index in [4.69, 9.17) is 15.6 Å². The lowest BCUT2D eigenvalue weighted by atomic mass is 10.0. The number of carboxylic acid groups (broad SMARTS) is 1. The summed E-state index contributed by atoms with van der Waals surface area (Å²) in [6.45, 7) is 2.09. The molecule has 2 atom stereocenters. The highest BCUT2D eigenvalue weighted by atomic mass is 16.5. The van der Waals surface area contributed by atoms with Gasteiger partial charge in [0.15, 0.2) is 6.10 Å². The van der Waals surface area contributed by atoms with Crippen molar-refractivity contribution in [1.29, 1.82) is 0 Å². The molecule has 0 amide bonds. The summed E-state index contributed by atoms with van der Waals surface area (Å²) in [7, 11) is 1.37. The van der Waals surface area contributed by atoms with Gasteiger partial charge in [0.25, 0.3) is 0 Å². The Hall–Kier alpha value is -0.610. The van der Waals surface area contributed by atoms with Crippen LogP contribution in [0.25, 0.3) is 0 Å². The molecule has 0 bridgehead atoms. The molecule has 4 heteroatoms. The van der Waals surface area contributed by atoms with Gasteiger partial charge in [-0.3, -0.25) is 0 Å². The normalized spacial score (nSPS) is 15.3. The van der Waals surface area contributed by atoms with Crippen LogP contribution in [0.1, 0.15) is 32.6 Å². The first-order valence-corrected chi connectivity index (χ1v) is 4.64. The van der Waals surface area contributed by atoms with Gasteiger partial charge in [0.1, 0.15) is 0 Å². The van der Waals surface area contributed by atoms with Crippen LogP contribution >= 0.6 is 0 Å². The van der Waals surface area contributed by atoms with Gasteiger partial charge in [-0.25, -0.2) is 4.79 Å². The van der Waals surface area contributed by atoms with Gasteiger partial charge in [-0.05, 0) is 6.42 Å². The Labute approximate surface area is 79.1 Å². The molecule has 4 nitrogen and oxygen atoms in total. The van der Waals surface area contributed by atoms with Crippen molar-refractivity contribution < 1.29 is 14.6 Å². The lowest BCUT2D eigenvalue weighted by molar-refractivity contribution is -0.149. The number of methoxy groups -OCH3 is 1. The number of aliphatic carboxylic acids is 1. The number of carboxylic acids is 1. The van der Waals surface area contributed by atoms with Crippen LogP contribution < -0.4 is 5.73 Å². The monoisotopic (exact) mass is 189 g/mol. The third-order valence-electron chi connectivity index (χ3n) is 2.03. The van der Waals surface area contributed by atoms with Crippen LogP contribution in [0.3, 0.4) is 0 Å². The van der Waals surface area contributed by atoms with Crippen LogP contribution in [-0.2, 0) is 9.53 Å². The molecule has 0 fully saturated rings. The zero-order valence-electron chi connectivity index (χ0n) is 8.32. The molecule has 0 rings (SSSR count). The van der Waals surface area contributed by atoms with Crippen LogP contribution in [0.2, 0.25) is 0 Å². The van der Waals surface area contributed by atoms with Gasteiger partial charge >= 0.3 is 5.97 Å². The van der Waals surface area contributed by atoms with E-state index in [-0.39, 0.29) is 0 Å².